The lowest BCUT2D eigenvalue weighted by atomic mass is 9.96. The fourth-order valence-corrected chi connectivity index (χ4v) is 3.46. The highest BCUT2D eigenvalue weighted by molar-refractivity contribution is 6.31. The average Bonchev–Trinajstić information content (AvgIpc) is 3.25. The Morgan fingerprint density at radius 3 is 2.42 bits per heavy atom. The highest BCUT2D eigenvalue weighted by Crippen LogP contribution is 2.25. The van der Waals surface area contributed by atoms with Crippen LogP contribution in [0.4, 0.5) is 0 Å². The van der Waals surface area contributed by atoms with E-state index >= 15 is 0 Å². The number of nitrogens with zero attached hydrogens (tertiary/aromatic N) is 4. The van der Waals surface area contributed by atoms with Crippen molar-refractivity contribution in [2.45, 2.75) is 72.8 Å². The molecule has 0 aliphatic heterocycles. The lowest BCUT2D eigenvalue weighted by Crippen LogP contribution is -2.42. The molecular weight excluding hydrogens is 414 g/mol. The molecule has 3 rings (SSSR count). The summed E-state index contributed by atoms with van der Waals surface area (Å²) in [5.41, 5.74) is 3.43. The van der Waals surface area contributed by atoms with Gasteiger partial charge < -0.3 is 9.84 Å². The molecule has 2 aromatic heterocycles. The van der Waals surface area contributed by atoms with E-state index < -0.39 is 5.54 Å². The zero-order valence-electron chi connectivity index (χ0n) is 19.4. The molecule has 8 heteroatoms. The summed E-state index contributed by atoms with van der Waals surface area (Å²) >= 11 is 6.28. The molecule has 166 valence electrons. The van der Waals surface area contributed by atoms with Gasteiger partial charge in [-0.15, -0.1) is 0 Å². The first-order chi connectivity index (χ1) is 14.3. The maximum Gasteiger partial charge on any atom is 0.232 e. The van der Waals surface area contributed by atoms with Gasteiger partial charge in [0.25, 0.3) is 0 Å². The Bertz CT molecular complexity index is 1120. The van der Waals surface area contributed by atoms with Crippen molar-refractivity contribution in [3.63, 3.8) is 0 Å². The van der Waals surface area contributed by atoms with Crippen LogP contribution in [0.1, 0.15) is 68.8 Å². The minimum absolute atomic E-state index is 0.139. The van der Waals surface area contributed by atoms with E-state index in [0.717, 1.165) is 28.2 Å². The summed E-state index contributed by atoms with van der Waals surface area (Å²) in [4.78, 5) is 17.4. The Labute approximate surface area is 188 Å². The molecule has 1 aromatic carbocycles. The SMILES string of the molecule is Cc1ccc(-n2nc(C)c(CC(=O)NC(C)(C)c3noc(C(C)(C)C)n3)c2C)cc1Cl. The van der Waals surface area contributed by atoms with Gasteiger partial charge in [-0.2, -0.15) is 10.1 Å². The van der Waals surface area contributed by atoms with Gasteiger partial charge >= 0.3 is 0 Å². The molecule has 0 radical (unpaired) electrons. The van der Waals surface area contributed by atoms with Crippen LogP contribution in [0.2, 0.25) is 5.02 Å². The van der Waals surface area contributed by atoms with Gasteiger partial charge in [-0.05, 0) is 52.3 Å². The van der Waals surface area contributed by atoms with Crippen LogP contribution in [-0.4, -0.2) is 25.8 Å². The third-order valence-corrected chi connectivity index (χ3v) is 5.66. The Morgan fingerprint density at radius 1 is 1.16 bits per heavy atom. The summed E-state index contributed by atoms with van der Waals surface area (Å²) in [5, 5.41) is 12.4. The molecule has 3 aromatic rings. The van der Waals surface area contributed by atoms with Crippen LogP contribution < -0.4 is 5.32 Å². The monoisotopic (exact) mass is 443 g/mol. The maximum absolute atomic E-state index is 12.9. The summed E-state index contributed by atoms with van der Waals surface area (Å²) < 4.78 is 7.21. The lowest BCUT2D eigenvalue weighted by molar-refractivity contribution is -0.122. The molecule has 1 amide bonds. The van der Waals surface area contributed by atoms with Crippen LogP contribution in [0.15, 0.2) is 22.7 Å². The van der Waals surface area contributed by atoms with E-state index in [-0.39, 0.29) is 17.7 Å². The molecule has 7 nitrogen and oxygen atoms in total. The normalized spacial score (nSPS) is 12.3. The minimum atomic E-state index is -0.771. The van der Waals surface area contributed by atoms with Gasteiger partial charge in [0.05, 0.1) is 23.3 Å². The molecule has 0 saturated carbocycles. The first kappa shape index (κ1) is 23.0. The van der Waals surface area contributed by atoms with Gasteiger partial charge in [0.1, 0.15) is 0 Å². The highest BCUT2D eigenvalue weighted by atomic mass is 35.5. The number of aryl methyl sites for hydroxylation is 2. The summed E-state index contributed by atoms with van der Waals surface area (Å²) in [6.07, 6.45) is 0.199. The highest BCUT2D eigenvalue weighted by Gasteiger charge is 2.32. The fraction of sp³-hybridized carbons (Fsp3) is 0.478. The Hall–Kier alpha value is -2.67. The number of hydrogen-bond acceptors (Lipinski definition) is 5. The van der Waals surface area contributed by atoms with Crippen molar-refractivity contribution >= 4 is 17.5 Å². The third kappa shape index (κ3) is 4.82. The van der Waals surface area contributed by atoms with Crippen molar-refractivity contribution in [1.82, 2.24) is 25.2 Å². The molecular formula is C23H30ClN5O2. The van der Waals surface area contributed by atoms with E-state index in [4.69, 9.17) is 16.1 Å². The number of nitrogens with one attached hydrogen (secondary N) is 1. The van der Waals surface area contributed by atoms with Crippen molar-refractivity contribution in [2.24, 2.45) is 0 Å². The molecule has 0 bridgehead atoms. The smallest absolute Gasteiger partial charge is 0.232 e. The van der Waals surface area contributed by atoms with Crippen LogP contribution in [0, 0.1) is 20.8 Å². The van der Waals surface area contributed by atoms with E-state index in [0.29, 0.717) is 16.7 Å². The van der Waals surface area contributed by atoms with Crippen LogP contribution in [-0.2, 0) is 22.2 Å². The van der Waals surface area contributed by atoms with Crippen molar-refractivity contribution < 1.29 is 9.32 Å². The topological polar surface area (TPSA) is 85.8 Å². The minimum Gasteiger partial charge on any atom is -0.344 e. The number of benzene rings is 1. The summed E-state index contributed by atoms with van der Waals surface area (Å²) in [7, 11) is 0. The van der Waals surface area contributed by atoms with E-state index in [2.05, 4.69) is 20.6 Å². The molecule has 0 aliphatic rings. The molecule has 0 spiro atoms. The fourth-order valence-electron chi connectivity index (χ4n) is 3.29. The number of amides is 1. The standard InChI is InChI=1S/C23H30ClN5O2/c1-13-9-10-16(11-18(13)24)29-15(3)17(14(2)27-29)12-19(30)26-23(7,8)20-25-21(31-28-20)22(4,5)6/h9-11H,12H2,1-8H3,(H,26,30). The van der Waals surface area contributed by atoms with Crippen molar-refractivity contribution in [3.8, 4) is 5.69 Å². The Balaban J connectivity index is 1.79. The van der Waals surface area contributed by atoms with Gasteiger partial charge in [0.2, 0.25) is 11.8 Å². The summed E-state index contributed by atoms with van der Waals surface area (Å²) in [5.74, 6) is 0.846. The second kappa shape index (κ2) is 8.11. The average molecular weight is 444 g/mol. The molecule has 1 N–H and O–H groups in total. The lowest BCUT2D eigenvalue weighted by Gasteiger charge is -2.22. The molecule has 0 unspecified atom stereocenters. The van der Waals surface area contributed by atoms with E-state index in [1.54, 1.807) is 0 Å². The van der Waals surface area contributed by atoms with E-state index in [1.165, 1.54) is 0 Å². The van der Waals surface area contributed by atoms with Crippen LogP contribution >= 0.6 is 11.6 Å². The Morgan fingerprint density at radius 2 is 1.84 bits per heavy atom. The molecule has 2 heterocycles. The van der Waals surface area contributed by atoms with Crippen molar-refractivity contribution in [2.75, 3.05) is 0 Å². The number of carbonyl (C=O) groups excluding carboxylic acids is 1. The molecule has 31 heavy (non-hydrogen) atoms. The van der Waals surface area contributed by atoms with Gasteiger partial charge in [0, 0.05) is 21.7 Å². The second-order valence-corrected chi connectivity index (χ2v) is 9.92. The van der Waals surface area contributed by atoms with E-state index in [1.807, 2.05) is 78.3 Å². The van der Waals surface area contributed by atoms with Crippen LogP contribution in [0.25, 0.3) is 5.69 Å². The zero-order chi connectivity index (χ0) is 23.1. The number of halogens is 1. The van der Waals surface area contributed by atoms with Gasteiger partial charge in [-0.1, -0.05) is 43.6 Å². The van der Waals surface area contributed by atoms with Crippen LogP contribution in [0.5, 0.6) is 0 Å². The number of hydrogen-bond donors (Lipinski definition) is 1. The summed E-state index contributed by atoms with van der Waals surface area (Å²) in [6.45, 7) is 15.5. The third-order valence-electron chi connectivity index (χ3n) is 5.26. The van der Waals surface area contributed by atoms with Gasteiger partial charge in [-0.25, -0.2) is 4.68 Å². The largest absolute Gasteiger partial charge is 0.344 e. The quantitative estimate of drug-likeness (QED) is 0.616. The predicted molar refractivity (Wildman–Crippen MR) is 121 cm³/mol. The second-order valence-electron chi connectivity index (χ2n) is 9.52. The number of aromatic nitrogens is 4. The maximum atomic E-state index is 12.9. The van der Waals surface area contributed by atoms with E-state index in [9.17, 15) is 4.79 Å². The van der Waals surface area contributed by atoms with Crippen LogP contribution in [0.3, 0.4) is 0 Å². The number of rotatable bonds is 5. The first-order valence-corrected chi connectivity index (χ1v) is 10.6. The molecule has 0 atom stereocenters. The summed E-state index contributed by atoms with van der Waals surface area (Å²) in [6, 6.07) is 5.81. The molecule has 0 aliphatic carbocycles. The van der Waals surface area contributed by atoms with Gasteiger partial charge in [0.15, 0.2) is 5.82 Å². The van der Waals surface area contributed by atoms with Crippen molar-refractivity contribution in [3.05, 3.63) is 57.5 Å². The Kier molecular flexibility index (Phi) is 6.02. The zero-order valence-corrected chi connectivity index (χ0v) is 20.2. The molecule has 0 saturated heterocycles. The van der Waals surface area contributed by atoms with Gasteiger partial charge in [-0.3, -0.25) is 4.79 Å². The molecule has 0 fully saturated rings. The first-order valence-electron chi connectivity index (χ1n) is 10.3. The van der Waals surface area contributed by atoms with Crippen molar-refractivity contribution in [1.29, 1.82) is 0 Å². The predicted octanol–water partition coefficient (Wildman–Crippen LogP) is 4.73. The number of carbonyl (C=O) groups is 1.